The van der Waals surface area contributed by atoms with Crippen LogP contribution in [0.2, 0.25) is 0 Å². The van der Waals surface area contributed by atoms with Gasteiger partial charge in [-0.15, -0.1) is 0 Å². The van der Waals surface area contributed by atoms with Gasteiger partial charge in [-0.2, -0.15) is 0 Å². The molecule has 1 atom stereocenters. The predicted molar refractivity (Wildman–Crippen MR) is 171 cm³/mol. The molecule has 0 spiro atoms. The Balaban J connectivity index is 2.17. The van der Waals surface area contributed by atoms with Gasteiger partial charge in [-0.1, -0.05) is 36.8 Å². The van der Waals surface area contributed by atoms with Crippen molar-refractivity contribution in [2.45, 2.75) is 64.1 Å². The van der Waals surface area contributed by atoms with Gasteiger partial charge in [-0.3, -0.25) is 13.9 Å². The molecular weight excluding hydrogens is 582 g/mol. The number of carbonyl (C=O) groups is 2. The third-order valence-corrected chi connectivity index (χ3v) is 8.69. The third-order valence-electron chi connectivity index (χ3n) is 6.91. The first kappa shape index (κ1) is 34.2. The van der Waals surface area contributed by atoms with Crippen LogP contribution < -0.4 is 23.8 Å². The van der Waals surface area contributed by atoms with Crippen molar-refractivity contribution in [3.05, 3.63) is 77.9 Å². The average Bonchev–Trinajstić information content (AvgIpc) is 2.98. The molecule has 2 amide bonds. The molecule has 3 rings (SSSR count). The van der Waals surface area contributed by atoms with Crippen molar-refractivity contribution in [3.63, 3.8) is 0 Å². The highest BCUT2D eigenvalue weighted by Crippen LogP contribution is 2.36. The molecule has 0 saturated carbocycles. The summed E-state index contributed by atoms with van der Waals surface area (Å²) in [5, 5.41) is 2.97. The van der Waals surface area contributed by atoms with Crippen LogP contribution in [0.4, 0.5) is 5.69 Å². The lowest BCUT2D eigenvalue weighted by atomic mass is 10.1. The molecule has 10 nitrogen and oxygen atoms in total. The minimum Gasteiger partial charge on any atom is -0.497 e. The van der Waals surface area contributed by atoms with Gasteiger partial charge < -0.3 is 24.4 Å². The molecule has 11 heteroatoms. The van der Waals surface area contributed by atoms with Crippen LogP contribution in [0.3, 0.4) is 0 Å². The molecule has 0 aliphatic rings. The van der Waals surface area contributed by atoms with E-state index in [4.69, 9.17) is 14.2 Å². The molecule has 0 unspecified atom stereocenters. The maximum Gasteiger partial charge on any atom is 0.264 e. The van der Waals surface area contributed by atoms with E-state index in [0.29, 0.717) is 23.5 Å². The maximum atomic E-state index is 14.4. The lowest BCUT2D eigenvalue weighted by Gasteiger charge is -2.35. The Kier molecular flexibility index (Phi) is 11.3. The zero-order valence-electron chi connectivity index (χ0n) is 26.7. The lowest BCUT2D eigenvalue weighted by Crippen LogP contribution is -2.55. The smallest absolute Gasteiger partial charge is 0.264 e. The highest BCUT2D eigenvalue weighted by atomic mass is 32.2. The number of rotatable bonds is 13. The molecule has 0 saturated heterocycles. The summed E-state index contributed by atoms with van der Waals surface area (Å²) in [4.78, 5) is 29.3. The van der Waals surface area contributed by atoms with Crippen LogP contribution in [0, 0.1) is 6.92 Å². The number of hydrogen-bond donors (Lipinski definition) is 1. The Morgan fingerprint density at radius 3 is 2.09 bits per heavy atom. The monoisotopic (exact) mass is 625 g/mol. The van der Waals surface area contributed by atoms with Crippen molar-refractivity contribution in [1.29, 1.82) is 0 Å². The van der Waals surface area contributed by atoms with E-state index < -0.39 is 34.1 Å². The van der Waals surface area contributed by atoms with E-state index in [1.165, 1.54) is 37.3 Å². The van der Waals surface area contributed by atoms with Gasteiger partial charge in [0.05, 0.1) is 31.9 Å². The minimum absolute atomic E-state index is 0.00219. The number of benzene rings is 3. The number of carbonyl (C=O) groups excluding carboxylic acids is 2. The third kappa shape index (κ3) is 8.43. The molecule has 3 aromatic carbocycles. The summed E-state index contributed by atoms with van der Waals surface area (Å²) in [5.74, 6) is 0.270. The molecular formula is C33H43N3O7S. The van der Waals surface area contributed by atoms with E-state index in [-0.39, 0.29) is 28.8 Å². The lowest BCUT2D eigenvalue weighted by molar-refractivity contribution is -0.141. The molecule has 238 valence electrons. The van der Waals surface area contributed by atoms with Crippen LogP contribution in [0.25, 0.3) is 0 Å². The van der Waals surface area contributed by atoms with E-state index in [2.05, 4.69) is 5.32 Å². The number of amides is 2. The van der Waals surface area contributed by atoms with Gasteiger partial charge in [0.2, 0.25) is 11.8 Å². The number of nitrogens with zero attached hydrogens (tertiary/aromatic N) is 2. The van der Waals surface area contributed by atoms with Gasteiger partial charge in [0.15, 0.2) is 0 Å². The molecule has 3 aromatic rings. The SMILES string of the molecule is CC[C@H](C(=O)NC(C)(C)C)N(Cc1cccc(OC)c1)C(=O)CN(c1cc(OC)ccc1OC)S(=O)(=O)c1ccc(C)cc1. The van der Waals surface area contributed by atoms with Gasteiger partial charge in [-0.05, 0) is 76.1 Å². The summed E-state index contributed by atoms with van der Waals surface area (Å²) >= 11 is 0. The molecule has 0 radical (unpaired) electrons. The first-order valence-electron chi connectivity index (χ1n) is 14.3. The summed E-state index contributed by atoms with van der Waals surface area (Å²) in [6, 6.07) is 17.4. The first-order chi connectivity index (χ1) is 20.7. The first-order valence-corrected chi connectivity index (χ1v) is 15.7. The highest BCUT2D eigenvalue weighted by molar-refractivity contribution is 7.92. The number of anilines is 1. The second-order valence-electron chi connectivity index (χ2n) is 11.4. The van der Waals surface area contributed by atoms with Crippen molar-refractivity contribution in [3.8, 4) is 17.2 Å². The zero-order valence-corrected chi connectivity index (χ0v) is 27.5. The number of ether oxygens (including phenoxy) is 3. The van der Waals surface area contributed by atoms with Crippen molar-refractivity contribution in [2.24, 2.45) is 0 Å². The molecule has 44 heavy (non-hydrogen) atoms. The Morgan fingerprint density at radius 2 is 1.52 bits per heavy atom. The highest BCUT2D eigenvalue weighted by Gasteiger charge is 2.35. The van der Waals surface area contributed by atoms with Gasteiger partial charge in [0, 0.05) is 18.2 Å². The molecule has 0 aromatic heterocycles. The van der Waals surface area contributed by atoms with E-state index in [1.807, 2.05) is 40.7 Å². The van der Waals surface area contributed by atoms with E-state index in [1.54, 1.807) is 49.6 Å². The molecule has 0 aliphatic heterocycles. The van der Waals surface area contributed by atoms with Crippen LogP contribution in [-0.4, -0.2) is 64.6 Å². The quantitative estimate of drug-likeness (QED) is 0.286. The minimum atomic E-state index is -4.29. The summed E-state index contributed by atoms with van der Waals surface area (Å²) in [6.45, 7) is 8.67. The fourth-order valence-electron chi connectivity index (χ4n) is 4.68. The maximum absolute atomic E-state index is 14.4. The Labute approximate surface area is 261 Å². The molecule has 0 heterocycles. The van der Waals surface area contributed by atoms with Crippen molar-refractivity contribution >= 4 is 27.5 Å². The Hall–Kier alpha value is -4.25. The van der Waals surface area contributed by atoms with Crippen molar-refractivity contribution in [1.82, 2.24) is 10.2 Å². The average molecular weight is 626 g/mol. The van der Waals surface area contributed by atoms with Gasteiger partial charge in [-0.25, -0.2) is 8.42 Å². The fourth-order valence-corrected chi connectivity index (χ4v) is 6.10. The second-order valence-corrected chi connectivity index (χ2v) is 13.3. The number of aryl methyl sites for hydroxylation is 1. The van der Waals surface area contributed by atoms with Crippen LogP contribution in [0.5, 0.6) is 17.2 Å². The van der Waals surface area contributed by atoms with Gasteiger partial charge in [0.25, 0.3) is 10.0 Å². The van der Waals surface area contributed by atoms with Crippen molar-refractivity contribution < 1.29 is 32.2 Å². The van der Waals surface area contributed by atoms with Crippen LogP contribution >= 0.6 is 0 Å². The summed E-state index contributed by atoms with van der Waals surface area (Å²) < 4.78 is 45.8. The van der Waals surface area contributed by atoms with Gasteiger partial charge >= 0.3 is 0 Å². The second kappa shape index (κ2) is 14.5. The Bertz CT molecular complexity index is 1550. The standard InChI is InChI=1S/C33H43N3O7S/c1-9-28(32(38)34-33(3,4)5)35(21-24-11-10-12-25(19-24)41-6)31(37)22-36(29-20-26(42-7)15-18-30(29)43-8)44(39,40)27-16-13-23(2)14-17-27/h10-20,28H,9,21-22H2,1-8H3,(H,34,38)/t28-/m1/s1. The number of nitrogens with one attached hydrogen (secondary N) is 1. The van der Waals surface area contributed by atoms with E-state index >= 15 is 0 Å². The molecule has 0 fully saturated rings. The molecule has 0 aliphatic carbocycles. The zero-order chi connectivity index (χ0) is 32.7. The Morgan fingerprint density at radius 1 is 0.886 bits per heavy atom. The largest absolute Gasteiger partial charge is 0.497 e. The number of sulfonamides is 1. The van der Waals surface area contributed by atoms with Crippen LogP contribution in [-0.2, 0) is 26.2 Å². The number of hydrogen-bond acceptors (Lipinski definition) is 7. The predicted octanol–water partition coefficient (Wildman–Crippen LogP) is 4.94. The summed E-state index contributed by atoms with van der Waals surface area (Å²) in [6.07, 6.45) is 0.296. The topological polar surface area (TPSA) is 114 Å². The van der Waals surface area contributed by atoms with Crippen LogP contribution in [0.15, 0.2) is 71.6 Å². The van der Waals surface area contributed by atoms with Crippen LogP contribution in [0.1, 0.15) is 45.2 Å². The van der Waals surface area contributed by atoms with Crippen molar-refractivity contribution in [2.75, 3.05) is 32.2 Å². The fraction of sp³-hybridized carbons (Fsp3) is 0.394. The normalized spacial score (nSPS) is 12.2. The summed E-state index contributed by atoms with van der Waals surface area (Å²) in [5.41, 5.74) is 1.16. The van der Waals surface area contributed by atoms with E-state index in [9.17, 15) is 18.0 Å². The summed E-state index contributed by atoms with van der Waals surface area (Å²) in [7, 11) is 0.135. The number of methoxy groups -OCH3 is 3. The van der Waals surface area contributed by atoms with Gasteiger partial charge in [0.1, 0.15) is 29.8 Å². The molecule has 0 bridgehead atoms. The van der Waals surface area contributed by atoms with E-state index in [0.717, 1.165) is 9.87 Å². The molecule has 1 N–H and O–H groups in total.